The highest BCUT2D eigenvalue weighted by atomic mass is 19.3. The van der Waals surface area contributed by atoms with Crippen LogP contribution in [-0.2, 0) is 4.74 Å². The molecule has 0 aromatic heterocycles. The van der Waals surface area contributed by atoms with Gasteiger partial charge in [-0.25, -0.2) is 13.2 Å². The summed E-state index contributed by atoms with van der Waals surface area (Å²) in [5.74, 6) is 0. The molecule has 0 saturated heterocycles. The predicted octanol–water partition coefficient (Wildman–Crippen LogP) is 1.44. The highest BCUT2D eigenvalue weighted by Gasteiger charge is 1.55. The second kappa shape index (κ2) is 17.2. The first-order valence-corrected chi connectivity index (χ1v) is 1.50. The minimum absolute atomic E-state index is 0.681. The van der Waals surface area contributed by atoms with Gasteiger partial charge in [-0.05, 0) is 0 Å². The van der Waals surface area contributed by atoms with Crippen molar-refractivity contribution in [3.63, 3.8) is 0 Å². The molecule has 0 spiro atoms. The van der Waals surface area contributed by atoms with Gasteiger partial charge in [0.15, 0.2) is 6.86 Å². The summed E-state index contributed by atoms with van der Waals surface area (Å²) >= 11 is 0. The van der Waals surface area contributed by atoms with Crippen LogP contribution in [0.3, 0.4) is 0 Å². The molecule has 0 N–H and O–H groups in total. The molecule has 0 unspecified atom stereocenters. The van der Waals surface area contributed by atoms with E-state index in [0.717, 1.165) is 0 Å². The molecule has 1 nitrogen and oxygen atoms in total. The van der Waals surface area contributed by atoms with Gasteiger partial charge in [0.1, 0.15) is 0 Å². The Bertz CT molecular complexity index is 17.7. The molecular weight excluding hydrogens is 109 g/mol. The minimum atomic E-state index is -1.75. The molecule has 0 radical (unpaired) electrons. The zero-order valence-corrected chi connectivity index (χ0v) is 3.96. The number of alkyl halides is 3. The normalized spacial score (nSPS) is 6.86. The molecule has 0 aromatic rings. The monoisotopic (exact) mass is 116 g/mol. The maximum absolute atomic E-state index is 10.5. The third-order valence-electron chi connectivity index (χ3n) is 0.109. The Morgan fingerprint density at radius 1 is 1.29 bits per heavy atom. The van der Waals surface area contributed by atoms with E-state index >= 15 is 0 Å². The fourth-order valence-electron chi connectivity index (χ4n) is 0. The highest BCUT2D eigenvalue weighted by Crippen LogP contribution is 1.58. The third kappa shape index (κ3) is 144. The minimum Gasteiger partial charge on any atom is -0.354 e. The highest BCUT2D eigenvalue weighted by molar-refractivity contribution is 3.74. The molecule has 0 atom stereocenters. The molecule has 0 saturated carbocycles. The lowest BCUT2D eigenvalue weighted by Crippen LogP contribution is -1.70. The van der Waals surface area contributed by atoms with Gasteiger partial charge >= 0.3 is 0 Å². The van der Waals surface area contributed by atoms with Crippen molar-refractivity contribution in [3.05, 3.63) is 0 Å². The summed E-state index contributed by atoms with van der Waals surface area (Å²) in [4.78, 5) is 0. The zero-order valence-electron chi connectivity index (χ0n) is 3.96. The molecule has 0 rings (SSSR count). The van der Waals surface area contributed by atoms with Crippen molar-refractivity contribution in [1.82, 2.24) is 0 Å². The number of hydrogen-bond acceptors (Lipinski definition) is 1. The molecule has 0 aliphatic heterocycles. The van der Waals surface area contributed by atoms with E-state index in [1.807, 2.05) is 0 Å². The second-order valence-electron chi connectivity index (χ2n) is 0.499. The van der Waals surface area contributed by atoms with Gasteiger partial charge in [-0.15, -0.1) is 0 Å². The average molecular weight is 116 g/mol. The molecule has 4 heteroatoms. The summed E-state index contributed by atoms with van der Waals surface area (Å²) in [5, 5.41) is 0. The van der Waals surface area contributed by atoms with Crippen LogP contribution >= 0.6 is 0 Å². The van der Waals surface area contributed by atoms with Crippen LogP contribution < -0.4 is 0 Å². The van der Waals surface area contributed by atoms with Crippen molar-refractivity contribution in [1.29, 1.82) is 0 Å². The Morgan fingerprint density at radius 2 is 1.43 bits per heavy atom. The summed E-state index contributed by atoms with van der Waals surface area (Å²) in [6.45, 7) is -2.43. The van der Waals surface area contributed by atoms with E-state index in [4.69, 9.17) is 0 Å². The SMILES string of the molecule is COCF.FCF. The summed E-state index contributed by atoms with van der Waals surface area (Å²) in [6.07, 6.45) is 0. The lowest BCUT2D eigenvalue weighted by atomic mass is 11.5. The zero-order chi connectivity index (χ0) is 6.12. The summed E-state index contributed by atoms with van der Waals surface area (Å²) in [6, 6.07) is 0. The standard InChI is InChI=1S/C2H5FO.CH2F2/c1-4-2-3;2-1-3/h2H2,1H3;1H2. The van der Waals surface area contributed by atoms with E-state index in [9.17, 15) is 13.2 Å². The van der Waals surface area contributed by atoms with E-state index in [1.54, 1.807) is 0 Å². The molecule has 0 amide bonds. The van der Waals surface area contributed by atoms with Crippen LogP contribution in [0.5, 0.6) is 0 Å². The first kappa shape index (κ1) is 9.89. The molecule has 0 aliphatic rings. The van der Waals surface area contributed by atoms with Crippen molar-refractivity contribution < 1.29 is 17.9 Å². The van der Waals surface area contributed by atoms with Gasteiger partial charge in [-0.1, -0.05) is 0 Å². The van der Waals surface area contributed by atoms with E-state index in [-0.39, 0.29) is 0 Å². The Labute approximate surface area is 40.1 Å². The fraction of sp³-hybridized carbons (Fsp3) is 1.00. The van der Waals surface area contributed by atoms with Gasteiger partial charge in [-0.3, -0.25) is 0 Å². The van der Waals surface area contributed by atoms with E-state index in [2.05, 4.69) is 4.74 Å². The van der Waals surface area contributed by atoms with Crippen molar-refractivity contribution in [2.24, 2.45) is 0 Å². The Balaban J connectivity index is 0. The van der Waals surface area contributed by atoms with E-state index in [1.165, 1.54) is 7.11 Å². The number of rotatable bonds is 1. The van der Waals surface area contributed by atoms with Crippen LogP contribution in [0.4, 0.5) is 13.2 Å². The van der Waals surface area contributed by atoms with Gasteiger partial charge in [0, 0.05) is 7.11 Å². The van der Waals surface area contributed by atoms with E-state index < -0.39 is 13.8 Å². The lowest BCUT2D eigenvalue weighted by molar-refractivity contribution is 0.104. The van der Waals surface area contributed by atoms with Crippen molar-refractivity contribution in [2.75, 3.05) is 20.9 Å². The molecule has 0 aliphatic carbocycles. The van der Waals surface area contributed by atoms with Gasteiger partial charge in [-0.2, -0.15) is 0 Å². The molecule has 0 aromatic carbocycles. The second-order valence-corrected chi connectivity index (χ2v) is 0.499. The van der Waals surface area contributed by atoms with Crippen LogP contribution in [0, 0.1) is 0 Å². The smallest absolute Gasteiger partial charge is 0.229 e. The maximum atomic E-state index is 10.5. The van der Waals surface area contributed by atoms with Crippen molar-refractivity contribution in [3.8, 4) is 0 Å². The van der Waals surface area contributed by atoms with Crippen LogP contribution in [-0.4, -0.2) is 20.9 Å². The number of halogens is 3. The number of hydrogen-bond donors (Lipinski definition) is 0. The van der Waals surface area contributed by atoms with Crippen molar-refractivity contribution in [2.45, 2.75) is 0 Å². The Hall–Kier alpha value is -0.250. The summed E-state index contributed by atoms with van der Waals surface area (Å²) in [5.41, 5.74) is 0. The molecule has 0 heterocycles. The molecule has 46 valence electrons. The van der Waals surface area contributed by atoms with Crippen molar-refractivity contribution >= 4 is 0 Å². The molecular formula is C3H7F3O. The van der Waals surface area contributed by atoms with Crippen LogP contribution in [0.15, 0.2) is 0 Å². The topological polar surface area (TPSA) is 9.23 Å². The Morgan fingerprint density at radius 3 is 1.43 bits per heavy atom. The largest absolute Gasteiger partial charge is 0.354 e. The predicted molar refractivity (Wildman–Crippen MR) is 20.1 cm³/mol. The quantitative estimate of drug-likeness (QED) is 0.503. The van der Waals surface area contributed by atoms with Gasteiger partial charge in [0.25, 0.3) is 0 Å². The lowest BCUT2D eigenvalue weighted by Gasteiger charge is -1.72. The fourth-order valence-corrected chi connectivity index (χ4v) is 0. The summed E-state index contributed by atoms with van der Waals surface area (Å²) in [7, 11) is 1.31. The van der Waals surface area contributed by atoms with Gasteiger partial charge in [0.05, 0.1) is 0 Å². The first-order valence-electron chi connectivity index (χ1n) is 1.50. The summed E-state index contributed by atoms with van der Waals surface area (Å²) < 4.78 is 33.6. The molecule has 0 bridgehead atoms. The van der Waals surface area contributed by atoms with Gasteiger partial charge in [0.2, 0.25) is 6.93 Å². The van der Waals surface area contributed by atoms with Crippen LogP contribution in [0.25, 0.3) is 0 Å². The molecule has 7 heavy (non-hydrogen) atoms. The number of ether oxygens (including phenoxy) is 1. The average Bonchev–Trinajstić information content (AvgIpc) is 1.69. The number of methoxy groups -OCH3 is 1. The Kier molecular flexibility index (Phi) is 24.2. The van der Waals surface area contributed by atoms with Crippen LogP contribution in [0.2, 0.25) is 0 Å². The molecule has 0 fully saturated rings. The van der Waals surface area contributed by atoms with E-state index in [0.29, 0.717) is 0 Å². The third-order valence-corrected chi connectivity index (χ3v) is 0.109. The first-order chi connectivity index (χ1) is 3.33. The van der Waals surface area contributed by atoms with Crippen LogP contribution in [0.1, 0.15) is 0 Å². The maximum Gasteiger partial charge on any atom is 0.229 e. The van der Waals surface area contributed by atoms with Gasteiger partial charge < -0.3 is 4.74 Å².